The van der Waals surface area contributed by atoms with Gasteiger partial charge in [0.2, 0.25) is 0 Å². The summed E-state index contributed by atoms with van der Waals surface area (Å²) >= 11 is 0. The third kappa shape index (κ3) is 2.94. The molecule has 4 atom stereocenters. The number of hydrogen-bond donors (Lipinski definition) is 4. The van der Waals surface area contributed by atoms with Crippen molar-refractivity contribution in [1.29, 1.82) is 0 Å². The van der Waals surface area contributed by atoms with E-state index in [1.807, 2.05) is 0 Å². The van der Waals surface area contributed by atoms with E-state index in [1.165, 1.54) is 6.92 Å². The molecule has 0 rings (SSSR count). The first-order chi connectivity index (χ1) is 5.54. The number of aldehydes is 1. The quantitative estimate of drug-likeness (QED) is 0.339. The molecule has 11 heavy (non-hydrogen) atoms. The summed E-state index contributed by atoms with van der Waals surface area (Å²) in [5.74, 6) is 0. The zero-order valence-corrected chi connectivity index (χ0v) is 6.14. The second kappa shape index (κ2) is 4.40. The van der Waals surface area contributed by atoms with Crippen LogP contribution in [0.4, 0.5) is 0 Å². The third-order valence-corrected chi connectivity index (χ3v) is 1.37. The molecule has 5 heteroatoms. The number of carbonyl (C=O) groups excluding carboxylic acids is 1. The van der Waals surface area contributed by atoms with Crippen LogP contribution in [0.25, 0.3) is 0 Å². The van der Waals surface area contributed by atoms with Crippen LogP contribution >= 0.6 is 0 Å². The molecule has 0 radical (unpaired) electrons. The summed E-state index contributed by atoms with van der Waals surface area (Å²) in [7, 11) is 0. The molecule has 0 aromatic carbocycles. The Bertz CT molecular complexity index is 144. The summed E-state index contributed by atoms with van der Waals surface area (Å²) in [6.07, 6.45) is -3.75. The topological polar surface area (TPSA) is 104 Å². The van der Waals surface area contributed by atoms with Crippen molar-refractivity contribution in [1.82, 2.24) is 0 Å². The second-order valence-corrected chi connectivity index (χ2v) is 2.38. The molecule has 0 aliphatic carbocycles. The van der Waals surface area contributed by atoms with Gasteiger partial charge in [0.1, 0.15) is 13.8 Å². The average Bonchev–Trinajstić information content (AvgIpc) is 2.05. The number of carbonyl (C=O) groups is 1. The summed E-state index contributed by atoms with van der Waals surface area (Å²) in [6.45, 7) is 1.30. The van der Waals surface area contributed by atoms with Crippen LogP contribution in [0.3, 0.4) is 0 Å². The molecule has 0 aliphatic heterocycles. The molecule has 5 nitrogen and oxygen atoms in total. The van der Waals surface area contributed by atoms with Crippen LogP contribution in [0.1, 0.15) is 6.92 Å². The fraction of sp³-hybridized carbons (Fsp3) is 0.833. The van der Waals surface area contributed by atoms with Gasteiger partial charge in [0.15, 0.2) is 0 Å². The zero-order chi connectivity index (χ0) is 9.72. The normalized spacial score (nSPS) is 23.1. The monoisotopic (exact) mass is 164 g/mol. The molecule has 0 amide bonds. The molecular formula is C6H13NO4. The van der Waals surface area contributed by atoms with E-state index in [9.17, 15) is 4.79 Å². The lowest BCUT2D eigenvalue weighted by Gasteiger charge is -2.22. The van der Waals surface area contributed by atoms with Crippen molar-refractivity contribution in [3.8, 4) is 0 Å². The van der Waals surface area contributed by atoms with E-state index in [0.29, 0.717) is 0 Å². The van der Waals surface area contributed by atoms with Crippen LogP contribution in [0.2, 0.25) is 1.41 Å². The first-order valence-electron chi connectivity index (χ1n) is 3.71. The smallest absolute Gasteiger partial charge is 0.150 e. The zero-order valence-electron chi connectivity index (χ0n) is 7.14. The van der Waals surface area contributed by atoms with Crippen molar-refractivity contribution < 1.29 is 21.5 Å². The maximum absolute atomic E-state index is 10.1. The molecule has 0 bridgehead atoms. The summed E-state index contributed by atoms with van der Waals surface area (Å²) in [5.41, 5.74) is 1.79. The van der Waals surface area contributed by atoms with E-state index in [4.69, 9.17) is 16.7 Å². The predicted octanol–water partition coefficient (Wildman–Crippen LogP) is -2.38. The molecule has 0 spiro atoms. The van der Waals surface area contributed by atoms with Crippen LogP contribution in [0.5, 0.6) is 0 Å². The first-order valence-corrected chi connectivity index (χ1v) is 3.21. The van der Waals surface area contributed by atoms with Gasteiger partial charge in [0.05, 0.1) is 18.2 Å². The van der Waals surface area contributed by atoms with Crippen LogP contribution < -0.4 is 5.73 Å². The molecule has 66 valence electrons. The maximum Gasteiger partial charge on any atom is 0.150 e. The highest BCUT2D eigenvalue weighted by atomic mass is 16.3. The van der Waals surface area contributed by atoms with E-state index in [2.05, 4.69) is 0 Å². The highest BCUT2D eigenvalue weighted by molar-refractivity contribution is 5.57. The van der Waals surface area contributed by atoms with E-state index in [-0.39, 0.29) is 6.29 Å². The summed E-state index contributed by atoms with van der Waals surface area (Å²) in [4.78, 5) is 10.1. The second-order valence-electron chi connectivity index (χ2n) is 2.38. The molecule has 0 aromatic rings. The Morgan fingerprint density at radius 1 is 1.55 bits per heavy atom. The van der Waals surface area contributed by atoms with Crippen molar-refractivity contribution in [2.45, 2.75) is 31.3 Å². The third-order valence-electron chi connectivity index (χ3n) is 1.37. The van der Waals surface area contributed by atoms with E-state index in [1.54, 1.807) is 5.73 Å². The highest BCUT2D eigenvalue weighted by Gasteiger charge is 2.25. The molecule has 0 unspecified atom stereocenters. The number of nitrogens with two attached hydrogens (primary N) is 1. The SMILES string of the molecule is [2H]N[C@@H]([C@H](O)[C@@H](C)O)[C@H](O)C=O. The van der Waals surface area contributed by atoms with Gasteiger partial charge in [-0.25, -0.2) is 0 Å². The Kier molecular flexibility index (Phi) is 3.44. The number of aliphatic hydroxyl groups is 3. The van der Waals surface area contributed by atoms with Crippen molar-refractivity contribution in [2.24, 2.45) is 5.73 Å². The summed E-state index contributed by atoms with van der Waals surface area (Å²) < 4.78 is 6.68. The van der Waals surface area contributed by atoms with Crippen molar-refractivity contribution in [2.75, 3.05) is 0 Å². The van der Waals surface area contributed by atoms with Gasteiger partial charge >= 0.3 is 0 Å². The molecule has 0 aromatic heterocycles. The Balaban J connectivity index is 4.22. The molecule has 0 aliphatic rings. The first kappa shape index (κ1) is 8.61. The van der Waals surface area contributed by atoms with Crippen molar-refractivity contribution >= 4 is 6.29 Å². The number of rotatable bonds is 5. The largest absolute Gasteiger partial charge is 0.391 e. The van der Waals surface area contributed by atoms with Crippen LogP contribution in [0.15, 0.2) is 0 Å². The maximum atomic E-state index is 10.1. The van der Waals surface area contributed by atoms with E-state index < -0.39 is 24.4 Å². The van der Waals surface area contributed by atoms with Crippen molar-refractivity contribution in [3.05, 3.63) is 0 Å². The molecule has 0 fully saturated rings. The van der Waals surface area contributed by atoms with Gasteiger partial charge in [0, 0.05) is 0 Å². The number of aliphatic hydroxyl groups excluding tert-OH is 3. The van der Waals surface area contributed by atoms with E-state index in [0.717, 1.165) is 0 Å². The van der Waals surface area contributed by atoms with Crippen molar-refractivity contribution in [3.63, 3.8) is 0 Å². The average molecular weight is 164 g/mol. The summed E-state index contributed by atoms with van der Waals surface area (Å²) in [5, 5.41) is 26.9. The Labute approximate surface area is 65.9 Å². The minimum atomic E-state index is -1.49. The van der Waals surface area contributed by atoms with Gasteiger partial charge in [-0.3, -0.25) is 0 Å². The minimum Gasteiger partial charge on any atom is -0.391 e. The number of hydrogen-bond acceptors (Lipinski definition) is 5. The van der Waals surface area contributed by atoms with Gasteiger partial charge in [-0.05, 0) is 6.92 Å². The molecule has 5 N–H and O–H groups in total. The van der Waals surface area contributed by atoms with Crippen LogP contribution in [-0.4, -0.2) is 46.0 Å². The van der Waals surface area contributed by atoms with Gasteiger partial charge in [-0.15, -0.1) is 0 Å². The van der Waals surface area contributed by atoms with Gasteiger partial charge < -0.3 is 25.8 Å². The highest BCUT2D eigenvalue weighted by Crippen LogP contribution is 2.00. The molecular weight excluding hydrogens is 150 g/mol. The lowest BCUT2D eigenvalue weighted by atomic mass is 10.0. The van der Waals surface area contributed by atoms with Crippen LogP contribution in [-0.2, 0) is 4.79 Å². The predicted molar refractivity (Wildman–Crippen MR) is 37.7 cm³/mol. The Morgan fingerprint density at radius 3 is 2.36 bits per heavy atom. The van der Waals surface area contributed by atoms with E-state index >= 15 is 0 Å². The van der Waals surface area contributed by atoms with Crippen LogP contribution in [0, 0.1) is 0 Å². The summed E-state index contributed by atoms with van der Waals surface area (Å²) in [6, 6.07) is -1.16. The standard InChI is InChI=1S/C6H13NO4/c1-3(9)6(11)5(7)4(10)2-8/h2-6,9-11H,7H2,1H3/t3-,4-,5-,6-/m1/s1/i/hD. The molecule has 0 saturated carbocycles. The molecule has 0 heterocycles. The van der Waals surface area contributed by atoms with Gasteiger partial charge in [-0.1, -0.05) is 0 Å². The fourth-order valence-corrected chi connectivity index (χ4v) is 0.587. The van der Waals surface area contributed by atoms with Gasteiger partial charge in [-0.2, -0.15) is 0 Å². The lowest BCUT2D eigenvalue weighted by molar-refractivity contribution is -0.118. The van der Waals surface area contributed by atoms with Gasteiger partial charge in [0.25, 0.3) is 0 Å². The fourth-order valence-electron chi connectivity index (χ4n) is 0.587. The minimum absolute atomic E-state index is 0.192. The Hall–Kier alpha value is -0.490. The lowest BCUT2D eigenvalue weighted by Crippen LogP contribution is -2.50. The Morgan fingerprint density at radius 2 is 2.09 bits per heavy atom. The molecule has 0 saturated heterocycles.